The van der Waals surface area contributed by atoms with Gasteiger partial charge in [0.15, 0.2) is 0 Å². The number of aromatic amines is 1. The summed E-state index contributed by atoms with van der Waals surface area (Å²) in [5, 5.41) is 5.58. The molecule has 1 fully saturated rings. The van der Waals surface area contributed by atoms with Crippen molar-refractivity contribution in [2.45, 2.75) is 19.1 Å². The predicted molar refractivity (Wildman–Crippen MR) is 112 cm³/mol. The summed E-state index contributed by atoms with van der Waals surface area (Å²) >= 11 is 0. The number of nitrogens with zero attached hydrogens (tertiary/aromatic N) is 4. The topological polar surface area (TPSA) is 76.0 Å². The Morgan fingerprint density at radius 3 is 2.84 bits per heavy atom. The van der Waals surface area contributed by atoms with Crippen LogP contribution >= 0.6 is 0 Å². The molecule has 7 nitrogen and oxygen atoms in total. The van der Waals surface area contributed by atoms with Gasteiger partial charge < -0.3 is 14.6 Å². The summed E-state index contributed by atoms with van der Waals surface area (Å²) in [6.45, 7) is 0.663. The van der Waals surface area contributed by atoms with Gasteiger partial charge in [-0.2, -0.15) is 18.3 Å². The Labute approximate surface area is 180 Å². The van der Waals surface area contributed by atoms with Crippen molar-refractivity contribution >= 4 is 27.7 Å². The number of amides is 1. The second-order valence-electron chi connectivity index (χ2n) is 7.71. The molecule has 0 spiro atoms. The van der Waals surface area contributed by atoms with E-state index < -0.39 is 12.7 Å². The minimum atomic E-state index is -4.47. The smallest absolute Gasteiger partial charge is 0.380 e. The van der Waals surface area contributed by atoms with Crippen LogP contribution in [0.5, 0.6) is 0 Å². The molecule has 0 radical (unpaired) electrons. The van der Waals surface area contributed by atoms with E-state index in [0.717, 1.165) is 15.6 Å². The number of rotatable bonds is 3. The number of carbonyl (C=O) groups is 1. The first-order valence-corrected chi connectivity index (χ1v) is 10.3. The van der Waals surface area contributed by atoms with E-state index in [-0.39, 0.29) is 17.1 Å². The van der Waals surface area contributed by atoms with Gasteiger partial charge in [0.2, 0.25) is 0 Å². The minimum absolute atomic E-state index is 0.0909. The monoisotopic (exact) mass is 443 g/mol. The van der Waals surface area contributed by atoms with Crippen molar-refractivity contribution in [3.05, 3.63) is 48.4 Å². The van der Waals surface area contributed by atoms with Gasteiger partial charge in [0, 0.05) is 53.9 Å². The van der Waals surface area contributed by atoms with Gasteiger partial charge in [-0.3, -0.25) is 14.5 Å². The van der Waals surface area contributed by atoms with Crippen LogP contribution < -0.4 is 0 Å². The van der Waals surface area contributed by atoms with E-state index in [1.54, 1.807) is 11.1 Å². The van der Waals surface area contributed by atoms with Gasteiger partial charge >= 0.3 is 6.18 Å². The molecule has 0 unspecified atom stereocenters. The van der Waals surface area contributed by atoms with Crippen LogP contribution in [0.4, 0.5) is 13.2 Å². The first-order chi connectivity index (χ1) is 15.4. The predicted octanol–water partition coefficient (Wildman–Crippen LogP) is 4.00. The first kappa shape index (κ1) is 20.5. The molecule has 0 saturated carbocycles. The summed E-state index contributed by atoms with van der Waals surface area (Å²) < 4.78 is 46.2. The van der Waals surface area contributed by atoms with Gasteiger partial charge in [-0.05, 0) is 18.6 Å². The number of nitrogens with one attached hydrogen (secondary N) is 1. The molecule has 1 amide bonds. The van der Waals surface area contributed by atoms with Gasteiger partial charge in [-0.15, -0.1) is 0 Å². The van der Waals surface area contributed by atoms with Crippen molar-refractivity contribution in [3.8, 4) is 11.3 Å². The highest BCUT2D eigenvalue weighted by atomic mass is 19.4. The fourth-order valence-corrected chi connectivity index (χ4v) is 4.05. The second-order valence-corrected chi connectivity index (χ2v) is 7.71. The number of pyridine rings is 1. The maximum Gasteiger partial charge on any atom is 0.408 e. The third-order valence-corrected chi connectivity index (χ3v) is 5.54. The highest BCUT2D eigenvalue weighted by Crippen LogP contribution is 2.34. The largest absolute Gasteiger partial charge is 0.408 e. The van der Waals surface area contributed by atoms with Crippen molar-refractivity contribution in [2.24, 2.45) is 0 Å². The van der Waals surface area contributed by atoms with Crippen LogP contribution in [-0.4, -0.2) is 63.0 Å². The lowest BCUT2D eigenvalue weighted by atomic mass is 10.1. The van der Waals surface area contributed by atoms with Crippen molar-refractivity contribution in [2.75, 3.05) is 26.3 Å². The van der Waals surface area contributed by atoms with Gasteiger partial charge in [-0.25, -0.2) is 0 Å². The highest BCUT2D eigenvalue weighted by molar-refractivity contribution is 6.04. The summed E-state index contributed by atoms with van der Waals surface area (Å²) in [4.78, 5) is 22.0. The van der Waals surface area contributed by atoms with E-state index >= 15 is 0 Å². The fourth-order valence-electron chi connectivity index (χ4n) is 4.05. The van der Waals surface area contributed by atoms with Crippen molar-refractivity contribution < 1.29 is 22.7 Å². The molecule has 0 bridgehead atoms. The molecular weight excluding hydrogens is 423 g/mol. The summed E-state index contributed by atoms with van der Waals surface area (Å²) in [6, 6.07) is 8.89. The average Bonchev–Trinajstić information content (AvgIpc) is 3.21. The third-order valence-electron chi connectivity index (χ3n) is 5.54. The minimum Gasteiger partial charge on any atom is -0.380 e. The maximum absolute atomic E-state index is 13.3. The zero-order chi connectivity index (χ0) is 22.3. The number of benzene rings is 1. The first-order valence-electron chi connectivity index (χ1n) is 10.3. The molecule has 1 N–H and O–H groups in total. The van der Waals surface area contributed by atoms with Gasteiger partial charge in [0.25, 0.3) is 5.91 Å². The van der Waals surface area contributed by atoms with Crippen molar-refractivity contribution in [1.82, 2.24) is 24.6 Å². The number of hydrogen-bond acceptors (Lipinski definition) is 4. The molecule has 5 rings (SSSR count). The number of carbonyl (C=O) groups excluding carboxylic acids is 1. The number of aromatic nitrogens is 4. The molecule has 0 atom stereocenters. The average molecular weight is 443 g/mol. The summed E-state index contributed by atoms with van der Waals surface area (Å²) in [5.74, 6) is -0.328. The van der Waals surface area contributed by atoms with Gasteiger partial charge in [-0.1, -0.05) is 18.2 Å². The normalized spacial score (nSPS) is 15.4. The van der Waals surface area contributed by atoms with E-state index in [1.165, 1.54) is 12.3 Å². The molecule has 3 aromatic heterocycles. The number of ether oxygens (including phenoxy) is 1. The molecule has 0 aliphatic carbocycles. The van der Waals surface area contributed by atoms with Crippen LogP contribution in [0.1, 0.15) is 16.9 Å². The fraction of sp³-hybridized carbons (Fsp3) is 0.318. The number of para-hydroxylation sites is 1. The molecule has 4 aromatic rings. The molecule has 166 valence electrons. The second kappa shape index (κ2) is 7.94. The zero-order valence-electron chi connectivity index (χ0n) is 17.0. The Kier molecular flexibility index (Phi) is 5.09. The Morgan fingerprint density at radius 1 is 1.16 bits per heavy atom. The third kappa shape index (κ3) is 3.81. The zero-order valence-corrected chi connectivity index (χ0v) is 17.0. The molecule has 32 heavy (non-hydrogen) atoms. The molecule has 1 aromatic carbocycles. The highest BCUT2D eigenvalue weighted by Gasteiger charge is 2.31. The number of halogens is 3. The Morgan fingerprint density at radius 2 is 2.00 bits per heavy atom. The van der Waals surface area contributed by atoms with E-state index in [0.29, 0.717) is 49.4 Å². The van der Waals surface area contributed by atoms with Crippen LogP contribution in [0.15, 0.2) is 42.7 Å². The Hall–Kier alpha value is -3.40. The number of alkyl halides is 3. The van der Waals surface area contributed by atoms with E-state index in [2.05, 4.69) is 15.1 Å². The maximum atomic E-state index is 13.3. The number of hydrogen-bond donors (Lipinski definition) is 1. The van der Waals surface area contributed by atoms with Crippen LogP contribution in [0, 0.1) is 0 Å². The van der Waals surface area contributed by atoms with E-state index in [1.807, 2.05) is 24.3 Å². The Balaban J connectivity index is 1.62. The molecule has 4 heterocycles. The lowest BCUT2D eigenvalue weighted by molar-refractivity contribution is -0.141. The molecule has 1 aliphatic rings. The number of fused-ring (bicyclic) bond motifs is 2. The lowest BCUT2D eigenvalue weighted by Crippen LogP contribution is -2.33. The molecule has 1 saturated heterocycles. The standard InChI is InChI=1S/C22H20F3N5O2/c23-22(24,25)13-30-19-10-18(21(31)29-6-3-8-32-9-7-29)27-12-16(19)20(28-30)15-11-26-17-5-2-1-4-14(15)17/h1-2,4-5,10-12,26H,3,6-9,13H2. The SMILES string of the molecule is O=C(c1cc2c(cn1)c(-c1c[nH]c3ccccc13)nn2CC(F)(F)F)N1CCCOCC1. The van der Waals surface area contributed by atoms with Crippen LogP contribution in [0.25, 0.3) is 33.1 Å². The molecular formula is C22H20F3N5O2. The van der Waals surface area contributed by atoms with Gasteiger partial charge in [0.05, 0.1) is 12.1 Å². The van der Waals surface area contributed by atoms with E-state index in [4.69, 9.17) is 4.74 Å². The molecule has 10 heteroatoms. The quantitative estimate of drug-likeness (QED) is 0.519. The van der Waals surface area contributed by atoms with Gasteiger partial charge in [0.1, 0.15) is 17.9 Å². The van der Waals surface area contributed by atoms with Crippen molar-refractivity contribution in [1.29, 1.82) is 0 Å². The van der Waals surface area contributed by atoms with Crippen LogP contribution in [0.2, 0.25) is 0 Å². The van der Waals surface area contributed by atoms with E-state index in [9.17, 15) is 18.0 Å². The van der Waals surface area contributed by atoms with Crippen molar-refractivity contribution in [3.63, 3.8) is 0 Å². The number of H-pyrrole nitrogens is 1. The molecule has 1 aliphatic heterocycles. The lowest BCUT2D eigenvalue weighted by Gasteiger charge is -2.19. The summed E-state index contributed by atoms with van der Waals surface area (Å²) in [7, 11) is 0. The van der Waals surface area contributed by atoms with Crippen LogP contribution in [0.3, 0.4) is 0 Å². The summed E-state index contributed by atoms with van der Waals surface area (Å²) in [5.41, 5.74) is 2.22. The Bertz CT molecular complexity index is 1290. The summed E-state index contributed by atoms with van der Waals surface area (Å²) in [6.07, 6.45) is -0.606. The van der Waals surface area contributed by atoms with Crippen LogP contribution in [-0.2, 0) is 11.3 Å².